The number of nitrogens with one attached hydrogen (secondary N) is 2. The molecule has 29 heavy (non-hydrogen) atoms. The number of fused-ring (bicyclic) bond motifs is 1. The van der Waals surface area contributed by atoms with Gasteiger partial charge in [-0.15, -0.1) is 0 Å². The maximum Gasteiger partial charge on any atom is 0.319 e. The van der Waals surface area contributed by atoms with Crippen LogP contribution in [0.25, 0.3) is 10.9 Å². The quantitative estimate of drug-likeness (QED) is 0.653. The summed E-state index contributed by atoms with van der Waals surface area (Å²) in [7, 11) is 3.14. The predicted molar refractivity (Wildman–Crippen MR) is 109 cm³/mol. The van der Waals surface area contributed by atoms with E-state index in [2.05, 4.69) is 20.6 Å². The fourth-order valence-corrected chi connectivity index (χ4v) is 3.06. The molecule has 1 heterocycles. The third-order valence-corrected chi connectivity index (χ3v) is 4.87. The number of anilines is 1. The van der Waals surface area contributed by atoms with Crippen LogP contribution in [-0.4, -0.2) is 36.3 Å². The second kappa shape index (κ2) is 8.22. The molecular formula is C21H22N4O4. The monoisotopic (exact) mass is 394 g/mol. The van der Waals surface area contributed by atoms with Crippen molar-refractivity contribution in [2.75, 3.05) is 19.5 Å². The van der Waals surface area contributed by atoms with E-state index in [1.165, 1.54) is 12.7 Å². The normalized spacial score (nSPS) is 13.4. The summed E-state index contributed by atoms with van der Waals surface area (Å²) in [6, 6.07) is 10.8. The Hall–Kier alpha value is -3.55. The second-order valence-electron chi connectivity index (χ2n) is 6.76. The summed E-state index contributed by atoms with van der Waals surface area (Å²) >= 11 is 0. The largest absolute Gasteiger partial charge is 0.493 e. The number of rotatable bonds is 6. The van der Waals surface area contributed by atoms with Crippen LogP contribution < -0.4 is 24.8 Å². The minimum absolute atomic E-state index is 0.189. The number of nitrogens with zero attached hydrogens (tertiary/aromatic N) is 2. The van der Waals surface area contributed by atoms with E-state index in [-0.39, 0.29) is 6.03 Å². The standard InChI is InChI=1S/C21H22N4O4/c1-27-18-10-16-17(11-19(18)28-2)22-12-23-20(16)29-15-8-6-14(7-9-15)25-21(26)24-13-4-3-5-13/h6-13H,3-5H2,1-2H3,(H2,24,25,26). The van der Waals surface area contributed by atoms with Crippen molar-refractivity contribution in [3.63, 3.8) is 0 Å². The van der Waals surface area contributed by atoms with E-state index in [4.69, 9.17) is 14.2 Å². The molecule has 1 aromatic heterocycles. The summed E-state index contributed by atoms with van der Waals surface area (Å²) in [6.45, 7) is 0. The van der Waals surface area contributed by atoms with Gasteiger partial charge in [0.1, 0.15) is 12.1 Å². The highest BCUT2D eigenvalue weighted by Crippen LogP contribution is 2.35. The molecule has 8 heteroatoms. The third kappa shape index (κ3) is 4.16. The van der Waals surface area contributed by atoms with Crippen LogP contribution in [0, 0.1) is 0 Å². The number of aromatic nitrogens is 2. The molecule has 8 nitrogen and oxygen atoms in total. The summed E-state index contributed by atoms with van der Waals surface area (Å²) in [5.74, 6) is 2.14. The first-order chi connectivity index (χ1) is 14.2. The van der Waals surface area contributed by atoms with E-state index in [0.29, 0.717) is 45.8 Å². The van der Waals surface area contributed by atoms with Gasteiger partial charge in [0.15, 0.2) is 11.5 Å². The number of carbonyl (C=O) groups excluding carboxylic acids is 1. The van der Waals surface area contributed by atoms with E-state index in [0.717, 1.165) is 12.8 Å². The number of urea groups is 1. The zero-order valence-electron chi connectivity index (χ0n) is 16.3. The van der Waals surface area contributed by atoms with Crippen molar-refractivity contribution in [3.8, 4) is 23.1 Å². The molecule has 1 fully saturated rings. The molecule has 1 saturated carbocycles. The Kier molecular flexibility index (Phi) is 5.33. The smallest absolute Gasteiger partial charge is 0.319 e. The van der Waals surface area contributed by atoms with E-state index in [1.54, 1.807) is 50.6 Å². The lowest BCUT2D eigenvalue weighted by molar-refractivity contribution is 0.240. The number of amides is 2. The van der Waals surface area contributed by atoms with Gasteiger partial charge in [-0.1, -0.05) is 0 Å². The molecule has 2 amide bonds. The van der Waals surface area contributed by atoms with Crippen LogP contribution in [0.3, 0.4) is 0 Å². The molecule has 2 aromatic carbocycles. The topological polar surface area (TPSA) is 94.6 Å². The Morgan fingerprint density at radius 1 is 1.03 bits per heavy atom. The van der Waals surface area contributed by atoms with Gasteiger partial charge in [0.2, 0.25) is 5.88 Å². The molecule has 4 rings (SSSR count). The molecule has 0 saturated heterocycles. The molecule has 150 valence electrons. The molecule has 0 spiro atoms. The van der Waals surface area contributed by atoms with Crippen LogP contribution in [0.2, 0.25) is 0 Å². The Morgan fingerprint density at radius 2 is 1.76 bits per heavy atom. The SMILES string of the molecule is COc1cc2ncnc(Oc3ccc(NC(=O)NC4CCC4)cc3)c2cc1OC. The van der Waals surface area contributed by atoms with Gasteiger partial charge in [-0.25, -0.2) is 14.8 Å². The zero-order valence-corrected chi connectivity index (χ0v) is 16.3. The van der Waals surface area contributed by atoms with Crippen molar-refractivity contribution in [2.45, 2.75) is 25.3 Å². The number of carbonyl (C=O) groups is 1. The molecule has 3 aromatic rings. The lowest BCUT2D eigenvalue weighted by atomic mass is 9.93. The number of hydrogen-bond acceptors (Lipinski definition) is 6. The second-order valence-corrected chi connectivity index (χ2v) is 6.76. The first-order valence-electron chi connectivity index (χ1n) is 9.38. The molecule has 2 N–H and O–H groups in total. The summed E-state index contributed by atoms with van der Waals surface area (Å²) in [4.78, 5) is 20.5. The summed E-state index contributed by atoms with van der Waals surface area (Å²) < 4.78 is 16.6. The Morgan fingerprint density at radius 3 is 2.41 bits per heavy atom. The fourth-order valence-electron chi connectivity index (χ4n) is 3.06. The van der Waals surface area contributed by atoms with Crippen LogP contribution in [0.15, 0.2) is 42.7 Å². The van der Waals surface area contributed by atoms with Gasteiger partial charge >= 0.3 is 6.03 Å². The van der Waals surface area contributed by atoms with Crippen molar-refractivity contribution in [3.05, 3.63) is 42.7 Å². The minimum atomic E-state index is -0.189. The van der Waals surface area contributed by atoms with Crippen LogP contribution in [0.4, 0.5) is 10.5 Å². The molecule has 0 radical (unpaired) electrons. The lowest BCUT2D eigenvalue weighted by Crippen LogP contribution is -2.41. The van der Waals surface area contributed by atoms with Crippen molar-refractivity contribution >= 4 is 22.6 Å². The first kappa shape index (κ1) is 18.8. The van der Waals surface area contributed by atoms with Crippen molar-refractivity contribution < 1.29 is 19.0 Å². The third-order valence-electron chi connectivity index (χ3n) is 4.87. The van der Waals surface area contributed by atoms with Gasteiger partial charge in [0.05, 0.1) is 25.1 Å². The highest BCUT2D eigenvalue weighted by atomic mass is 16.5. The van der Waals surface area contributed by atoms with E-state index in [1.807, 2.05) is 0 Å². The Bertz CT molecular complexity index is 1020. The zero-order chi connectivity index (χ0) is 20.2. The summed E-state index contributed by atoms with van der Waals surface area (Å²) in [5.41, 5.74) is 1.37. The van der Waals surface area contributed by atoms with Crippen molar-refractivity contribution in [1.29, 1.82) is 0 Å². The average Bonchev–Trinajstić information content (AvgIpc) is 2.71. The summed E-state index contributed by atoms with van der Waals surface area (Å²) in [6.07, 6.45) is 4.70. The van der Waals surface area contributed by atoms with Gasteiger partial charge in [0, 0.05) is 17.8 Å². The number of methoxy groups -OCH3 is 2. The highest BCUT2D eigenvalue weighted by molar-refractivity contribution is 5.89. The maximum atomic E-state index is 12.0. The van der Waals surface area contributed by atoms with Crippen LogP contribution in [0.1, 0.15) is 19.3 Å². The Labute approximate surface area is 168 Å². The van der Waals surface area contributed by atoms with E-state index < -0.39 is 0 Å². The van der Waals surface area contributed by atoms with E-state index in [9.17, 15) is 4.79 Å². The van der Waals surface area contributed by atoms with Crippen LogP contribution >= 0.6 is 0 Å². The van der Waals surface area contributed by atoms with Gasteiger partial charge in [-0.3, -0.25) is 0 Å². The maximum absolute atomic E-state index is 12.0. The number of ether oxygens (including phenoxy) is 3. The number of hydrogen-bond donors (Lipinski definition) is 2. The van der Waals surface area contributed by atoms with Crippen LogP contribution in [0.5, 0.6) is 23.1 Å². The number of benzene rings is 2. The lowest BCUT2D eigenvalue weighted by Gasteiger charge is -2.26. The molecule has 1 aliphatic rings. The molecule has 0 aliphatic heterocycles. The first-order valence-corrected chi connectivity index (χ1v) is 9.38. The molecule has 0 unspecified atom stereocenters. The van der Waals surface area contributed by atoms with Gasteiger partial charge in [-0.2, -0.15) is 0 Å². The molecular weight excluding hydrogens is 372 g/mol. The van der Waals surface area contributed by atoms with Gasteiger partial charge in [0.25, 0.3) is 0 Å². The average molecular weight is 394 g/mol. The molecule has 1 aliphatic carbocycles. The fraction of sp³-hybridized carbons (Fsp3) is 0.286. The van der Waals surface area contributed by atoms with Crippen LogP contribution in [-0.2, 0) is 0 Å². The van der Waals surface area contributed by atoms with Crippen molar-refractivity contribution in [2.24, 2.45) is 0 Å². The van der Waals surface area contributed by atoms with Gasteiger partial charge in [-0.05, 0) is 49.6 Å². The van der Waals surface area contributed by atoms with Crippen molar-refractivity contribution in [1.82, 2.24) is 15.3 Å². The molecule has 0 atom stereocenters. The van der Waals surface area contributed by atoms with Gasteiger partial charge < -0.3 is 24.8 Å². The predicted octanol–water partition coefficient (Wildman–Crippen LogP) is 4.11. The minimum Gasteiger partial charge on any atom is -0.493 e. The summed E-state index contributed by atoms with van der Waals surface area (Å²) in [5, 5.41) is 6.47. The Balaban J connectivity index is 1.50. The van der Waals surface area contributed by atoms with E-state index >= 15 is 0 Å². The highest BCUT2D eigenvalue weighted by Gasteiger charge is 2.19. The molecule has 0 bridgehead atoms.